The van der Waals surface area contributed by atoms with Crippen LogP contribution in [0.2, 0.25) is 5.02 Å². The van der Waals surface area contributed by atoms with Crippen molar-refractivity contribution in [2.24, 2.45) is 5.10 Å². The van der Waals surface area contributed by atoms with E-state index in [-0.39, 0.29) is 5.91 Å². The summed E-state index contributed by atoms with van der Waals surface area (Å²) in [6.45, 7) is 0. The van der Waals surface area contributed by atoms with Gasteiger partial charge in [0, 0.05) is 17.4 Å². The van der Waals surface area contributed by atoms with Gasteiger partial charge in [0.15, 0.2) is 0 Å². The molecule has 18 heavy (non-hydrogen) atoms. The lowest BCUT2D eigenvalue weighted by Crippen LogP contribution is -2.17. The first-order chi connectivity index (χ1) is 8.75. The molecule has 0 aliphatic carbocycles. The number of benzene rings is 1. The first kappa shape index (κ1) is 12.3. The summed E-state index contributed by atoms with van der Waals surface area (Å²) < 4.78 is 0. The predicted molar refractivity (Wildman–Crippen MR) is 70.7 cm³/mol. The Hall–Kier alpha value is -2.20. The highest BCUT2D eigenvalue weighted by Crippen LogP contribution is 2.08. The van der Waals surface area contributed by atoms with Crippen LogP contribution >= 0.6 is 11.6 Å². The van der Waals surface area contributed by atoms with Gasteiger partial charge in [0.2, 0.25) is 0 Å². The zero-order chi connectivity index (χ0) is 12.8. The summed E-state index contributed by atoms with van der Waals surface area (Å²) in [7, 11) is 0. The third kappa shape index (κ3) is 3.40. The molecule has 2 rings (SSSR count). The number of hydrazone groups is 1. The fraction of sp³-hybridized carbons (Fsp3) is 0. The molecular formula is C13H10ClN3O. The third-order valence-electron chi connectivity index (χ3n) is 2.15. The maximum atomic E-state index is 11.6. The summed E-state index contributed by atoms with van der Waals surface area (Å²) in [4.78, 5) is 15.5. The summed E-state index contributed by atoms with van der Waals surface area (Å²) in [6, 6.07) is 10.5. The molecular weight excluding hydrogens is 250 g/mol. The van der Waals surface area contributed by atoms with Crippen LogP contribution < -0.4 is 5.43 Å². The Morgan fingerprint density at radius 1 is 1.33 bits per heavy atom. The number of aromatic nitrogens is 1. The van der Waals surface area contributed by atoms with Crippen LogP contribution in [-0.2, 0) is 0 Å². The van der Waals surface area contributed by atoms with E-state index in [9.17, 15) is 4.79 Å². The average Bonchev–Trinajstić information content (AvgIpc) is 2.40. The fourth-order valence-electron chi connectivity index (χ4n) is 1.31. The molecule has 0 radical (unpaired) electrons. The van der Waals surface area contributed by atoms with Crippen LogP contribution in [0.1, 0.15) is 15.9 Å². The lowest BCUT2D eigenvalue weighted by molar-refractivity contribution is 0.0955. The summed E-state index contributed by atoms with van der Waals surface area (Å²) in [6.07, 6.45) is 4.61. The molecule has 1 heterocycles. The number of rotatable bonds is 3. The molecule has 0 aliphatic rings. The highest BCUT2D eigenvalue weighted by molar-refractivity contribution is 6.30. The first-order valence-corrected chi connectivity index (χ1v) is 5.62. The molecule has 2 aromatic rings. The molecule has 1 aromatic carbocycles. The zero-order valence-corrected chi connectivity index (χ0v) is 10.1. The van der Waals surface area contributed by atoms with E-state index in [1.165, 1.54) is 12.4 Å². The van der Waals surface area contributed by atoms with E-state index in [1.807, 2.05) is 12.1 Å². The van der Waals surface area contributed by atoms with Crippen molar-refractivity contribution in [1.29, 1.82) is 0 Å². The number of hydrogen-bond donors (Lipinski definition) is 1. The van der Waals surface area contributed by atoms with E-state index < -0.39 is 0 Å². The highest BCUT2D eigenvalue weighted by atomic mass is 35.5. The van der Waals surface area contributed by atoms with E-state index in [0.29, 0.717) is 10.6 Å². The molecule has 0 atom stereocenters. The van der Waals surface area contributed by atoms with Crippen LogP contribution in [0, 0.1) is 0 Å². The number of carbonyl (C=O) groups excluding carboxylic acids is 1. The van der Waals surface area contributed by atoms with Crippen LogP contribution in [-0.4, -0.2) is 17.1 Å². The molecule has 0 fully saturated rings. The van der Waals surface area contributed by atoms with Gasteiger partial charge in [-0.05, 0) is 29.8 Å². The standard InChI is InChI=1S/C13H10ClN3O/c14-12-5-1-3-10(7-12)8-16-17-13(18)11-4-2-6-15-9-11/h1-9H,(H,17,18). The van der Waals surface area contributed by atoms with Gasteiger partial charge < -0.3 is 0 Å². The number of pyridine rings is 1. The molecule has 0 saturated carbocycles. The number of nitrogens with zero attached hydrogens (tertiary/aromatic N) is 2. The van der Waals surface area contributed by atoms with Crippen molar-refractivity contribution < 1.29 is 4.79 Å². The normalized spacial score (nSPS) is 10.5. The maximum absolute atomic E-state index is 11.6. The van der Waals surface area contributed by atoms with Crippen molar-refractivity contribution in [3.05, 3.63) is 64.9 Å². The van der Waals surface area contributed by atoms with Gasteiger partial charge in [-0.1, -0.05) is 23.7 Å². The molecule has 0 unspecified atom stereocenters. The molecule has 4 nitrogen and oxygen atoms in total. The summed E-state index contributed by atoms with van der Waals surface area (Å²) in [5.74, 6) is -0.304. The molecule has 1 N–H and O–H groups in total. The summed E-state index contributed by atoms with van der Waals surface area (Å²) >= 11 is 5.82. The topological polar surface area (TPSA) is 54.4 Å². The Balaban J connectivity index is 1.98. The monoisotopic (exact) mass is 259 g/mol. The van der Waals surface area contributed by atoms with Crippen molar-refractivity contribution in [1.82, 2.24) is 10.4 Å². The first-order valence-electron chi connectivity index (χ1n) is 5.25. The number of hydrogen-bond acceptors (Lipinski definition) is 3. The van der Waals surface area contributed by atoms with Gasteiger partial charge in [-0.2, -0.15) is 5.10 Å². The average molecular weight is 260 g/mol. The number of halogens is 1. The fourth-order valence-corrected chi connectivity index (χ4v) is 1.51. The predicted octanol–water partition coefficient (Wildman–Crippen LogP) is 2.50. The van der Waals surface area contributed by atoms with Crippen LogP contribution in [0.5, 0.6) is 0 Å². The highest BCUT2D eigenvalue weighted by Gasteiger charge is 2.02. The number of carbonyl (C=O) groups is 1. The van der Waals surface area contributed by atoms with Gasteiger partial charge in [-0.3, -0.25) is 9.78 Å². The van der Waals surface area contributed by atoms with E-state index in [2.05, 4.69) is 15.5 Å². The van der Waals surface area contributed by atoms with Gasteiger partial charge >= 0.3 is 0 Å². The summed E-state index contributed by atoms with van der Waals surface area (Å²) in [5, 5.41) is 4.47. The van der Waals surface area contributed by atoms with Gasteiger partial charge in [-0.15, -0.1) is 0 Å². The third-order valence-corrected chi connectivity index (χ3v) is 2.39. The lowest BCUT2D eigenvalue weighted by atomic mass is 10.2. The Bertz CT molecular complexity index is 569. The van der Waals surface area contributed by atoms with Crippen molar-refractivity contribution in [2.75, 3.05) is 0 Å². The van der Waals surface area contributed by atoms with E-state index in [0.717, 1.165) is 5.56 Å². The van der Waals surface area contributed by atoms with Crippen molar-refractivity contribution in [2.45, 2.75) is 0 Å². The Morgan fingerprint density at radius 3 is 2.94 bits per heavy atom. The minimum Gasteiger partial charge on any atom is -0.267 e. The molecule has 1 amide bonds. The van der Waals surface area contributed by atoms with Crippen molar-refractivity contribution in [3.63, 3.8) is 0 Å². The van der Waals surface area contributed by atoms with Crippen LogP contribution in [0.25, 0.3) is 0 Å². The largest absolute Gasteiger partial charge is 0.272 e. The molecule has 0 bridgehead atoms. The quantitative estimate of drug-likeness (QED) is 0.680. The van der Waals surface area contributed by atoms with Crippen LogP contribution in [0.3, 0.4) is 0 Å². The smallest absolute Gasteiger partial charge is 0.267 e. The molecule has 0 aliphatic heterocycles. The van der Waals surface area contributed by atoms with Crippen LogP contribution in [0.15, 0.2) is 53.9 Å². The van der Waals surface area contributed by atoms with E-state index in [1.54, 1.807) is 30.5 Å². The SMILES string of the molecule is O=C(NN=Cc1cccc(Cl)c1)c1cccnc1. The molecule has 5 heteroatoms. The second-order valence-electron chi connectivity index (χ2n) is 3.50. The Labute approximate surface area is 109 Å². The van der Waals surface area contributed by atoms with Gasteiger partial charge in [0.05, 0.1) is 11.8 Å². The molecule has 0 saturated heterocycles. The molecule has 0 spiro atoms. The number of nitrogens with one attached hydrogen (secondary N) is 1. The lowest BCUT2D eigenvalue weighted by Gasteiger charge is -1.98. The second kappa shape index (κ2) is 5.93. The van der Waals surface area contributed by atoms with E-state index in [4.69, 9.17) is 11.6 Å². The minimum absolute atomic E-state index is 0.304. The van der Waals surface area contributed by atoms with Gasteiger partial charge in [0.25, 0.3) is 5.91 Å². The zero-order valence-electron chi connectivity index (χ0n) is 9.38. The summed E-state index contributed by atoms with van der Waals surface area (Å²) in [5.41, 5.74) is 3.69. The van der Waals surface area contributed by atoms with Gasteiger partial charge in [-0.25, -0.2) is 5.43 Å². The van der Waals surface area contributed by atoms with Crippen molar-refractivity contribution >= 4 is 23.7 Å². The number of amides is 1. The van der Waals surface area contributed by atoms with E-state index >= 15 is 0 Å². The molecule has 1 aromatic heterocycles. The minimum atomic E-state index is -0.304. The van der Waals surface area contributed by atoms with Crippen molar-refractivity contribution in [3.8, 4) is 0 Å². The second-order valence-corrected chi connectivity index (χ2v) is 3.93. The van der Waals surface area contributed by atoms with Crippen LogP contribution in [0.4, 0.5) is 0 Å². The Morgan fingerprint density at radius 2 is 2.22 bits per heavy atom. The Kier molecular flexibility index (Phi) is 4.04. The van der Waals surface area contributed by atoms with Gasteiger partial charge in [0.1, 0.15) is 0 Å². The maximum Gasteiger partial charge on any atom is 0.272 e. The molecule has 90 valence electrons.